The molecule has 0 fully saturated rings. The van der Waals surface area contributed by atoms with Gasteiger partial charge in [-0.2, -0.15) is 13.7 Å². The van der Waals surface area contributed by atoms with Crippen LogP contribution < -0.4 is 10.0 Å². The Kier molecular flexibility index (Phi) is 4.87. The van der Waals surface area contributed by atoms with E-state index in [1.807, 2.05) is 26.0 Å². The van der Waals surface area contributed by atoms with Crippen molar-refractivity contribution in [2.45, 2.75) is 26.3 Å². The average molecular weight is 387 g/mol. The van der Waals surface area contributed by atoms with Gasteiger partial charge >= 0.3 is 10.2 Å². The van der Waals surface area contributed by atoms with Crippen LogP contribution >= 0.6 is 0 Å². The van der Waals surface area contributed by atoms with Crippen molar-refractivity contribution < 1.29 is 17.9 Å². The van der Waals surface area contributed by atoms with Crippen LogP contribution in [0, 0.1) is 11.3 Å². The number of hydrogen-bond acceptors (Lipinski definition) is 7. The van der Waals surface area contributed by atoms with Crippen LogP contribution in [0.4, 0.5) is 5.69 Å². The number of nitrogens with zero attached hydrogens (tertiary/aromatic N) is 3. The van der Waals surface area contributed by atoms with Gasteiger partial charge in [-0.1, -0.05) is 19.9 Å². The Morgan fingerprint density at radius 2 is 2.22 bits per heavy atom. The van der Waals surface area contributed by atoms with Gasteiger partial charge in [0, 0.05) is 0 Å². The summed E-state index contributed by atoms with van der Waals surface area (Å²) in [7, 11) is -3.94. The molecule has 0 amide bonds. The summed E-state index contributed by atoms with van der Waals surface area (Å²) >= 11 is 0. The molecule has 0 atom stereocenters. The summed E-state index contributed by atoms with van der Waals surface area (Å²) in [6.07, 6.45) is 1.64. The van der Waals surface area contributed by atoms with Gasteiger partial charge in [0.25, 0.3) is 0 Å². The maximum absolute atomic E-state index is 11.8. The minimum absolute atomic E-state index is 0.0146. The number of aromatic hydroxyl groups is 1. The molecular weight excluding hydrogens is 370 g/mol. The Morgan fingerprint density at radius 1 is 1.44 bits per heavy atom. The lowest BCUT2D eigenvalue weighted by molar-refractivity contribution is 0.476. The molecule has 0 saturated carbocycles. The van der Waals surface area contributed by atoms with Gasteiger partial charge in [-0.05, 0) is 29.7 Å². The average Bonchev–Trinajstić information content (AvgIpc) is 3.19. The van der Waals surface area contributed by atoms with E-state index in [-0.39, 0.29) is 35.2 Å². The molecule has 140 valence electrons. The lowest BCUT2D eigenvalue weighted by atomic mass is 10.1. The predicted molar refractivity (Wildman–Crippen MR) is 99.9 cm³/mol. The SMILES string of the molecule is CC(C)c1coc(CN=C2NS(=O)(=O)N=C2Nc2cccc(C#N)c2O)c1. The van der Waals surface area contributed by atoms with E-state index in [9.17, 15) is 13.5 Å². The third-order valence-corrected chi connectivity index (χ3v) is 4.68. The second-order valence-corrected chi connectivity index (χ2v) is 7.46. The molecule has 0 spiro atoms. The second kappa shape index (κ2) is 7.13. The van der Waals surface area contributed by atoms with Crippen LogP contribution in [0.3, 0.4) is 0 Å². The predicted octanol–water partition coefficient (Wildman–Crippen LogP) is 2.24. The zero-order valence-corrected chi connectivity index (χ0v) is 15.4. The highest BCUT2D eigenvalue weighted by atomic mass is 32.2. The quantitative estimate of drug-likeness (QED) is 0.687. The van der Waals surface area contributed by atoms with E-state index in [0.29, 0.717) is 11.7 Å². The monoisotopic (exact) mass is 387 g/mol. The fourth-order valence-electron chi connectivity index (χ4n) is 2.35. The first kappa shape index (κ1) is 18.5. The minimum atomic E-state index is -3.94. The number of anilines is 1. The highest BCUT2D eigenvalue weighted by molar-refractivity contribution is 7.89. The molecule has 1 aromatic carbocycles. The first-order valence-corrected chi connectivity index (χ1v) is 9.47. The van der Waals surface area contributed by atoms with E-state index in [2.05, 4.69) is 19.4 Å². The Hall–Kier alpha value is -3.32. The lowest BCUT2D eigenvalue weighted by Crippen LogP contribution is -2.30. The highest BCUT2D eigenvalue weighted by Crippen LogP contribution is 2.27. The number of rotatable bonds is 4. The first-order valence-electron chi connectivity index (χ1n) is 8.03. The van der Waals surface area contributed by atoms with Gasteiger partial charge < -0.3 is 14.8 Å². The zero-order chi connectivity index (χ0) is 19.6. The molecule has 2 heterocycles. The minimum Gasteiger partial charge on any atom is -0.504 e. The number of phenols is 1. The topological polar surface area (TPSA) is 140 Å². The van der Waals surface area contributed by atoms with Crippen LogP contribution in [0.15, 0.2) is 44.3 Å². The van der Waals surface area contributed by atoms with E-state index in [1.165, 1.54) is 12.1 Å². The van der Waals surface area contributed by atoms with Crippen molar-refractivity contribution in [3.8, 4) is 11.8 Å². The Balaban J connectivity index is 1.85. The second-order valence-electron chi connectivity index (χ2n) is 6.12. The third-order valence-electron chi connectivity index (χ3n) is 3.80. The van der Waals surface area contributed by atoms with Gasteiger partial charge in [-0.15, -0.1) is 4.40 Å². The molecule has 1 aliphatic rings. The van der Waals surface area contributed by atoms with Crippen molar-refractivity contribution in [2.75, 3.05) is 5.32 Å². The number of nitriles is 1. The van der Waals surface area contributed by atoms with E-state index < -0.39 is 10.2 Å². The number of para-hydroxylation sites is 1. The fraction of sp³-hybridized carbons (Fsp3) is 0.235. The molecule has 1 aromatic heterocycles. The number of hydrogen-bond donors (Lipinski definition) is 3. The van der Waals surface area contributed by atoms with E-state index in [1.54, 1.807) is 12.3 Å². The summed E-state index contributed by atoms with van der Waals surface area (Å²) in [6, 6.07) is 8.16. The van der Waals surface area contributed by atoms with E-state index in [4.69, 9.17) is 9.68 Å². The fourth-order valence-corrected chi connectivity index (χ4v) is 3.17. The van der Waals surface area contributed by atoms with Crippen LogP contribution in [-0.2, 0) is 16.8 Å². The molecule has 27 heavy (non-hydrogen) atoms. The van der Waals surface area contributed by atoms with Crippen molar-refractivity contribution in [1.29, 1.82) is 5.26 Å². The van der Waals surface area contributed by atoms with Gasteiger partial charge in [0.2, 0.25) is 0 Å². The summed E-state index contributed by atoms with van der Waals surface area (Å²) in [5.41, 5.74) is 1.20. The van der Waals surface area contributed by atoms with Crippen LogP contribution in [0.1, 0.15) is 36.7 Å². The molecule has 0 unspecified atom stereocenters. The van der Waals surface area contributed by atoms with Gasteiger partial charge in [0.05, 0.1) is 24.1 Å². The third kappa shape index (κ3) is 4.09. The van der Waals surface area contributed by atoms with Crippen LogP contribution in [0.5, 0.6) is 5.75 Å². The molecular formula is C17H17N5O4S. The van der Waals surface area contributed by atoms with Gasteiger partial charge in [0.15, 0.2) is 17.4 Å². The van der Waals surface area contributed by atoms with Crippen molar-refractivity contribution in [3.63, 3.8) is 0 Å². The molecule has 0 bridgehead atoms. The molecule has 0 aliphatic carbocycles. The Morgan fingerprint density at radius 3 is 2.89 bits per heavy atom. The molecule has 9 nitrogen and oxygen atoms in total. The van der Waals surface area contributed by atoms with Gasteiger partial charge in [-0.25, -0.2) is 4.72 Å². The van der Waals surface area contributed by atoms with Crippen molar-refractivity contribution >= 4 is 27.6 Å². The van der Waals surface area contributed by atoms with Gasteiger partial charge in [0.1, 0.15) is 11.8 Å². The summed E-state index contributed by atoms with van der Waals surface area (Å²) in [5.74, 6) is 0.467. The molecule has 2 aromatic rings. The molecule has 0 saturated heterocycles. The van der Waals surface area contributed by atoms with Crippen LogP contribution in [0.25, 0.3) is 0 Å². The van der Waals surface area contributed by atoms with Crippen molar-refractivity contribution in [2.24, 2.45) is 9.39 Å². The molecule has 1 aliphatic heterocycles. The zero-order valence-electron chi connectivity index (χ0n) is 14.6. The molecule has 3 N–H and O–H groups in total. The van der Waals surface area contributed by atoms with Crippen LogP contribution in [0.2, 0.25) is 0 Å². The summed E-state index contributed by atoms with van der Waals surface area (Å²) in [6.45, 7) is 4.17. The maximum Gasteiger partial charge on any atom is 0.345 e. The van der Waals surface area contributed by atoms with Crippen molar-refractivity contribution in [1.82, 2.24) is 4.72 Å². The number of aliphatic imine (C=N–C) groups is 1. The summed E-state index contributed by atoms with van der Waals surface area (Å²) in [5, 5.41) is 21.7. The van der Waals surface area contributed by atoms with E-state index >= 15 is 0 Å². The standard InChI is InChI=1S/C17H17N5O4S/c1-10(2)12-6-13(26-9-12)8-19-16-17(22-27(24,25)21-16)20-14-5-3-4-11(7-18)15(14)23/h3-6,9-10,23H,8H2,1-2H3,(H,19,21)(H,20,22). The van der Waals surface area contributed by atoms with Crippen molar-refractivity contribution in [3.05, 3.63) is 47.4 Å². The first-order chi connectivity index (χ1) is 12.8. The van der Waals surface area contributed by atoms with Crippen LogP contribution in [-0.4, -0.2) is 25.2 Å². The summed E-state index contributed by atoms with van der Waals surface area (Å²) in [4.78, 5) is 4.20. The Bertz CT molecular complexity index is 1080. The largest absolute Gasteiger partial charge is 0.504 e. The number of phenolic OH excluding ortho intramolecular Hbond substituents is 1. The number of benzene rings is 1. The normalized spacial score (nSPS) is 16.8. The molecule has 3 rings (SSSR count). The smallest absolute Gasteiger partial charge is 0.345 e. The van der Waals surface area contributed by atoms with E-state index in [0.717, 1.165) is 5.56 Å². The highest BCUT2D eigenvalue weighted by Gasteiger charge is 2.27. The maximum atomic E-state index is 11.8. The van der Waals surface area contributed by atoms with Gasteiger partial charge in [-0.3, -0.25) is 4.99 Å². The molecule has 10 heteroatoms. The summed E-state index contributed by atoms with van der Waals surface area (Å²) < 4.78 is 34.8. The lowest BCUT2D eigenvalue weighted by Gasteiger charge is -2.08. The molecule has 0 radical (unpaired) electrons. The Labute approximate surface area is 156 Å². The number of amidine groups is 2. The number of furan rings is 1. The number of nitrogens with one attached hydrogen (secondary N) is 2.